The number of aldehydes is 1. The van der Waals surface area contributed by atoms with Gasteiger partial charge < -0.3 is 35.2 Å². The molecule has 0 saturated carbocycles. The Bertz CT molecular complexity index is 223. The first kappa shape index (κ1) is 26.0. The first-order chi connectivity index (χ1) is 11.8. The van der Waals surface area contributed by atoms with E-state index in [0.29, 0.717) is 59.3 Å². The second kappa shape index (κ2) is 27.6. The van der Waals surface area contributed by atoms with Crippen LogP contribution >= 0.6 is 12.6 Å². The average molecular weight is 369 g/mol. The van der Waals surface area contributed by atoms with Crippen LogP contribution in [0.3, 0.4) is 0 Å². The Morgan fingerprint density at radius 3 is 1.46 bits per heavy atom. The number of thiol groups is 1. The zero-order valence-electron chi connectivity index (χ0n) is 14.8. The molecule has 0 aromatic heterocycles. The molecule has 0 aromatic rings. The maximum atomic E-state index is 9.96. The lowest BCUT2D eigenvalue weighted by Gasteiger charge is -2.06. The summed E-state index contributed by atoms with van der Waals surface area (Å²) in [6.45, 7) is 6.04. The monoisotopic (exact) mass is 368 g/mol. The van der Waals surface area contributed by atoms with Gasteiger partial charge >= 0.3 is 0 Å². The molecule has 0 aliphatic rings. The van der Waals surface area contributed by atoms with Crippen LogP contribution in [-0.2, 0) is 23.7 Å². The molecule has 0 unspecified atom stereocenters. The highest BCUT2D eigenvalue weighted by molar-refractivity contribution is 7.80. The molecule has 146 valence electrons. The maximum Gasteiger partial charge on any atom is 0.122 e. The van der Waals surface area contributed by atoms with E-state index in [2.05, 4.69) is 12.6 Å². The second-order valence-electron chi connectivity index (χ2n) is 4.77. The van der Waals surface area contributed by atoms with E-state index in [4.69, 9.17) is 30.4 Å². The van der Waals surface area contributed by atoms with E-state index in [0.717, 1.165) is 38.0 Å². The van der Waals surface area contributed by atoms with Gasteiger partial charge in [-0.25, -0.2) is 0 Å². The van der Waals surface area contributed by atoms with Gasteiger partial charge in [-0.15, -0.1) is 0 Å². The summed E-state index contributed by atoms with van der Waals surface area (Å²) in [7, 11) is 0. The molecule has 0 spiro atoms. The van der Waals surface area contributed by atoms with Gasteiger partial charge in [0.25, 0.3) is 0 Å². The van der Waals surface area contributed by atoms with E-state index in [-0.39, 0.29) is 0 Å². The van der Waals surface area contributed by atoms with Crippen molar-refractivity contribution >= 4 is 18.9 Å². The quantitative estimate of drug-likeness (QED) is 0.185. The number of unbranched alkanes of at least 4 members (excludes halogenated alkanes) is 2. The number of rotatable bonds is 18. The van der Waals surface area contributed by atoms with Gasteiger partial charge in [-0.05, 0) is 25.9 Å². The molecule has 8 heteroatoms. The van der Waals surface area contributed by atoms with Gasteiger partial charge in [0.1, 0.15) is 6.29 Å². The Morgan fingerprint density at radius 2 is 1.08 bits per heavy atom. The Balaban J connectivity index is 0. The van der Waals surface area contributed by atoms with E-state index in [1.54, 1.807) is 0 Å². The SMILES string of the molecule is NCCCCCN.O=CCCOCCOCCOCCOCCS. The van der Waals surface area contributed by atoms with Gasteiger partial charge in [-0.3, -0.25) is 0 Å². The van der Waals surface area contributed by atoms with Crippen LogP contribution in [-0.4, -0.2) is 78.0 Å². The van der Waals surface area contributed by atoms with Crippen molar-refractivity contribution in [3.05, 3.63) is 0 Å². The zero-order chi connectivity index (χ0) is 18.1. The van der Waals surface area contributed by atoms with Crippen LogP contribution in [0.15, 0.2) is 0 Å². The number of ether oxygens (including phenoxy) is 4. The van der Waals surface area contributed by atoms with Crippen molar-refractivity contribution in [1.29, 1.82) is 0 Å². The maximum absolute atomic E-state index is 9.96. The van der Waals surface area contributed by atoms with Crippen molar-refractivity contribution in [3.8, 4) is 0 Å². The first-order valence-electron chi connectivity index (χ1n) is 8.59. The van der Waals surface area contributed by atoms with Gasteiger partial charge in [0.05, 0.1) is 52.9 Å². The van der Waals surface area contributed by atoms with Crippen molar-refractivity contribution in [2.24, 2.45) is 11.5 Å². The summed E-state index contributed by atoms with van der Waals surface area (Å²) in [5, 5.41) is 0. The highest BCUT2D eigenvalue weighted by atomic mass is 32.1. The predicted molar refractivity (Wildman–Crippen MR) is 99.8 cm³/mol. The van der Waals surface area contributed by atoms with Crippen LogP contribution in [0.5, 0.6) is 0 Å². The largest absolute Gasteiger partial charge is 0.379 e. The molecule has 0 saturated heterocycles. The summed E-state index contributed by atoms with van der Waals surface area (Å²) in [5.74, 6) is 0.729. The number of carbonyl (C=O) groups is 1. The van der Waals surface area contributed by atoms with E-state index < -0.39 is 0 Å². The number of carbonyl (C=O) groups excluding carboxylic acids is 1. The number of nitrogens with two attached hydrogens (primary N) is 2. The van der Waals surface area contributed by atoms with Crippen LogP contribution in [0.4, 0.5) is 0 Å². The Morgan fingerprint density at radius 1 is 0.667 bits per heavy atom. The second-order valence-corrected chi connectivity index (χ2v) is 5.21. The van der Waals surface area contributed by atoms with Crippen LogP contribution in [0, 0.1) is 0 Å². The fourth-order valence-electron chi connectivity index (χ4n) is 1.42. The third-order valence-electron chi connectivity index (χ3n) is 2.64. The molecule has 0 heterocycles. The fraction of sp³-hybridized carbons (Fsp3) is 0.938. The Hall–Kier alpha value is -0.220. The predicted octanol–water partition coefficient (Wildman–Crippen LogP) is 0.646. The van der Waals surface area contributed by atoms with Crippen molar-refractivity contribution < 1.29 is 23.7 Å². The van der Waals surface area contributed by atoms with Crippen molar-refractivity contribution in [2.45, 2.75) is 25.7 Å². The lowest BCUT2D eigenvalue weighted by Crippen LogP contribution is -2.12. The molecular weight excluding hydrogens is 332 g/mol. The molecule has 0 aliphatic heterocycles. The molecule has 0 bridgehead atoms. The normalized spacial score (nSPS) is 10.3. The average Bonchev–Trinajstić information content (AvgIpc) is 2.60. The van der Waals surface area contributed by atoms with Crippen LogP contribution in [0.2, 0.25) is 0 Å². The smallest absolute Gasteiger partial charge is 0.122 e. The standard InChI is InChI=1S/C11H22O5S.C5H14N2/c12-2-1-3-13-4-5-14-6-7-15-8-9-16-10-11-17;6-4-2-1-3-5-7/h2,17H,1,3-11H2;1-7H2. The van der Waals surface area contributed by atoms with Crippen molar-refractivity contribution in [1.82, 2.24) is 0 Å². The molecule has 0 atom stereocenters. The summed E-state index contributed by atoms with van der Waals surface area (Å²) in [6, 6.07) is 0. The summed E-state index contributed by atoms with van der Waals surface area (Å²) < 4.78 is 20.8. The van der Waals surface area contributed by atoms with Crippen molar-refractivity contribution in [2.75, 3.05) is 71.7 Å². The van der Waals surface area contributed by atoms with Gasteiger partial charge in [-0.1, -0.05) is 6.42 Å². The zero-order valence-corrected chi connectivity index (χ0v) is 15.7. The summed E-state index contributed by atoms with van der Waals surface area (Å²) in [5.41, 5.74) is 10.5. The van der Waals surface area contributed by atoms with Gasteiger partial charge in [0, 0.05) is 12.2 Å². The van der Waals surface area contributed by atoms with Gasteiger partial charge in [0.15, 0.2) is 0 Å². The van der Waals surface area contributed by atoms with Gasteiger partial charge in [0.2, 0.25) is 0 Å². The van der Waals surface area contributed by atoms with Crippen LogP contribution < -0.4 is 11.5 Å². The number of hydrogen-bond acceptors (Lipinski definition) is 8. The topological polar surface area (TPSA) is 106 Å². The lowest BCUT2D eigenvalue weighted by atomic mass is 10.2. The van der Waals surface area contributed by atoms with E-state index in [9.17, 15) is 4.79 Å². The molecule has 0 rings (SSSR count). The van der Waals surface area contributed by atoms with Gasteiger partial charge in [-0.2, -0.15) is 12.6 Å². The minimum atomic E-state index is 0.440. The van der Waals surface area contributed by atoms with E-state index in [1.807, 2.05) is 0 Å². The minimum Gasteiger partial charge on any atom is -0.379 e. The molecule has 7 nitrogen and oxygen atoms in total. The highest BCUT2D eigenvalue weighted by Crippen LogP contribution is 1.88. The molecule has 24 heavy (non-hydrogen) atoms. The molecule has 0 aliphatic carbocycles. The van der Waals surface area contributed by atoms with E-state index >= 15 is 0 Å². The molecule has 0 fully saturated rings. The summed E-state index contributed by atoms with van der Waals surface area (Å²) in [4.78, 5) is 9.96. The third-order valence-corrected chi connectivity index (χ3v) is 2.82. The lowest BCUT2D eigenvalue weighted by molar-refractivity contribution is -0.108. The Labute approximate surface area is 152 Å². The summed E-state index contributed by atoms with van der Waals surface area (Å²) >= 11 is 4.02. The van der Waals surface area contributed by atoms with Crippen LogP contribution in [0.25, 0.3) is 0 Å². The number of hydrogen-bond donors (Lipinski definition) is 3. The molecule has 0 aromatic carbocycles. The fourth-order valence-corrected chi connectivity index (χ4v) is 1.55. The molecular formula is C16H36N2O5S. The van der Waals surface area contributed by atoms with Crippen molar-refractivity contribution in [3.63, 3.8) is 0 Å². The first-order valence-corrected chi connectivity index (χ1v) is 9.22. The Kier molecular flexibility index (Phi) is 29.9. The molecule has 4 N–H and O–H groups in total. The molecule has 0 amide bonds. The summed E-state index contributed by atoms with van der Waals surface area (Å²) in [6.07, 6.45) is 4.71. The van der Waals surface area contributed by atoms with Crippen LogP contribution in [0.1, 0.15) is 25.7 Å². The highest BCUT2D eigenvalue weighted by Gasteiger charge is 1.92. The minimum absolute atomic E-state index is 0.440. The molecule has 0 radical (unpaired) electrons. The third kappa shape index (κ3) is 29.7. The van der Waals surface area contributed by atoms with E-state index in [1.165, 1.54) is 6.42 Å².